The van der Waals surface area contributed by atoms with Crippen LogP contribution in [0.15, 0.2) is 0 Å². The van der Waals surface area contributed by atoms with Crippen LogP contribution in [0.5, 0.6) is 0 Å². The first-order chi connectivity index (χ1) is 10.2. The molecule has 1 heterocycles. The van der Waals surface area contributed by atoms with Crippen molar-refractivity contribution in [2.45, 2.75) is 65.1 Å². The Kier molecular flexibility index (Phi) is 6.66. The Morgan fingerprint density at radius 2 is 1.77 bits per heavy atom. The highest BCUT2D eigenvalue weighted by Gasteiger charge is 2.37. The van der Waals surface area contributed by atoms with Crippen molar-refractivity contribution in [1.29, 1.82) is 0 Å². The molecule has 0 radical (unpaired) electrons. The summed E-state index contributed by atoms with van der Waals surface area (Å²) >= 11 is 0. The molecule has 0 aliphatic carbocycles. The summed E-state index contributed by atoms with van der Waals surface area (Å²) in [6.45, 7) is 11.4. The second kappa shape index (κ2) is 7.81. The Hall–Kier alpha value is -1.30. The van der Waals surface area contributed by atoms with E-state index in [1.54, 1.807) is 4.90 Å². The third-order valence-electron chi connectivity index (χ3n) is 3.85. The molecule has 1 fully saturated rings. The lowest BCUT2D eigenvalue weighted by molar-refractivity contribution is -0.138. The molecule has 1 aliphatic heterocycles. The number of likely N-dealkylation sites (N-methyl/N-ethyl adjacent to an activating group) is 1. The second-order valence-electron chi connectivity index (χ2n) is 6.75. The number of nitrogens with one attached hydrogen (secondary N) is 1. The zero-order valence-corrected chi connectivity index (χ0v) is 14.5. The zero-order valence-electron chi connectivity index (χ0n) is 14.5. The van der Waals surface area contributed by atoms with Gasteiger partial charge in [-0.05, 0) is 47.0 Å². The van der Waals surface area contributed by atoms with E-state index in [4.69, 9.17) is 9.47 Å². The smallest absolute Gasteiger partial charge is 0.410 e. The fraction of sp³-hybridized carbons (Fsp3) is 0.875. The van der Waals surface area contributed by atoms with Crippen molar-refractivity contribution in [2.24, 2.45) is 0 Å². The number of carbonyl (C=O) groups excluding carboxylic acids is 2. The normalized spacial score (nSPS) is 18.0. The predicted octanol–water partition coefficient (Wildman–Crippen LogP) is 2.32. The number of carbonyl (C=O) groups is 2. The van der Waals surface area contributed by atoms with Crippen LogP contribution >= 0.6 is 0 Å². The third kappa shape index (κ3) is 5.83. The maximum atomic E-state index is 12.1. The monoisotopic (exact) mass is 314 g/mol. The largest absolute Gasteiger partial charge is 0.444 e. The highest BCUT2D eigenvalue weighted by atomic mass is 16.6. The fourth-order valence-corrected chi connectivity index (χ4v) is 2.49. The summed E-state index contributed by atoms with van der Waals surface area (Å²) in [4.78, 5) is 25.3. The molecular weight excluding hydrogens is 284 g/mol. The quantitative estimate of drug-likeness (QED) is 0.845. The van der Waals surface area contributed by atoms with E-state index in [9.17, 15) is 9.59 Å². The van der Waals surface area contributed by atoms with Gasteiger partial charge in [0.25, 0.3) is 0 Å². The summed E-state index contributed by atoms with van der Waals surface area (Å²) in [6, 6.07) is 0. The predicted molar refractivity (Wildman–Crippen MR) is 84.7 cm³/mol. The van der Waals surface area contributed by atoms with Gasteiger partial charge in [0.15, 0.2) is 0 Å². The molecule has 2 amide bonds. The van der Waals surface area contributed by atoms with E-state index >= 15 is 0 Å². The van der Waals surface area contributed by atoms with E-state index in [1.165, 1.54) is 0 Å². The van der Waals surface area contributed by atoms with Gasteiger partial charge in [0.1, 0.15) is 12.2 Å². The summed E-state index contributed by atoms with van der Waals surface area (Å²) < 4.78 is 11.3. The number of rotatable bonds is 5. The van der Waals surface area contributed by atoms with Gasteiger partial charge in [-0.1, -0.05) is 6.92 Å². The highest BCUT2D eigenvalue weighted by molar-refractivity contribution is 5.77. The van der Waals surface area contributed by atoms with Crippen molar-refractivity contribution in [1.82, 2.24) is 10.2 Å². The molecule has 1 aliphatic rings. The van der Waals surface area contributed by atoms with Crippen molar-refractivity contribution in [3.8, 4) is 0 Å². The summed E-state index contributed by atoms with van der Waals surface area (Å²) in [5, 5.41) is 2.73. The number of piperidine rings is 1. The van der Waals surface area contributed by atoms with Gasteiger partial charge in [0.2, 0.25) is 5.91 Å². The molecule has 0 aromatic carbocycles. The molecule has 0 unspecified atom stereocenters. The Labute approximate surface area is 133 Å². The van der Waals surface area contributed by atoms with E-state index in [0.29, 0.717) is 19.6 Å². The van der Waals surface area contributed by atoms with Crippen LogP contribution in [-0.4, -0.2) is 54.3 Å². The van der Waals surface area contributed by atoms with Crippen molar-refractivity contribution >= 4 is 12.0 Å². The zero-order chi connectivity index (χ0) is 16.8. The van der Waals surface area contributed by atoms with Gasteiger partial charge in [-0.15, -0.1) is 0 Å². The minimum Gasteiger partial charge on any atom is -0.444 e. The maximum absolute atomic E-state index is 12.1. The Morgan fingerprint density at radius 3 is 2.23 bits per heavy atom. The standard InChI is InChI=1S/C16H30N2O4/c1-6-16(21-12-13(19)17-7-2)8-10-18(11-9-16)14(20)22-15(3,4)5/h6-12H2,1-5H3,(H,17,19). The molecule has 0 saturated carbocycles. The van der Waals surface area contributed by atoms with Gasteiger partial charge in [-0.2, -0.15) is 0 Å². The summed E-state index contributed by atoms with van der Waals surface area (Å²) in [6.07, 6.45) is 2.00. The molecule has 1 N–H and O–H groups in total. The first kappa shape index (κ1) is 18.7. The van der Waals surface area contributed by atoms with E-state index < -0.39 is 5.60 Å². The minimum absolute atomic E-state index is 0.0775. The molecule has 0 bridgehead atoms. The van der Waals surface area contributed by atoms with Crippen LogP contribution in [0.3, 0.4) is 0 Å². The molecule has 1 rings (SSSR count). The fourth-order valence-electron chi connectivity index (χ4n) is 2.49. The maximum Gasteiger partial charge on any atom is 0.410 e. The average Bonchev–Trinajstić information content (AvgIpc) is 2.44. The molecular formula is C16H30N2O4. The van der Waals surface area contributed by atoms with Crippen molar-refractivity contribution < 1.29 is 19.1 Å². The van der Waals surface area contributed by atoms with E-state index in [2.05, 4.69) is 12.2 Å². The second-order valence-corrected chi connectivity index (χ2v) is 6.75. The Morgan fingerprint density at radius 1 is 1.18 bits per heavy atom. The Bertz CT molecular complexity index is 382. The van der Waals surface area contributed by atoms with E-state index in [-0.39, 0.29) is 24.2 Å². The minimum atomic E-state index is -0.481. The summed E-state index contributed by atoms with van der Waals surface area (Å²) in [5.41, 5.74) is -0.797. The number of ether oxygens (including phenoxy) is 2. The third-order valence-corrected chi connectivity index (χ3v) is 3.85. The van der Waals surface area contributed by atoms with E-state index in [1.807, 2.05) is 27.7 Å². The number of hydrogen-bond donors (Lipinski definition) is 1. The van der Waals surface area contributed by atoms with Gasteiger partial charge in [0, 0.05) is 19.6 Å². The van der Waals surface area contributed by atoms with Gasteiger partial charge >= 0.3 is 6.09 Å². The van der Waals surface area contributed by atoms with Crippen molar-refractivity contribution in [2.75, 3.05) is 26.2 Å². The number of amides is 2. The average molecular weight is 314 g/mol. The topological polar surface area (TPSA) is 67.9 Å². The first-order valence-electron chi connectivity index (χ1n) is 8.10. The van der Waals surface area contributed by atoms with Crippen molar-refractivity contribution in [3.63, 3.8) is 0 Å². The van der Waals surface area contributed by atoms with Crippen LogP contribution < -0.4 is 5.32 Å². The van der Waals surface area contributed by atoms with Crippen LogP contribution in [0.2, 0.25) is 0 Å². The van der Waals surface area contributed by atoms with Gasteiger partial charge < -0.3 is 19.7 Å². The molecule has 128 valence electrons. The SMILES string of the molecule is CCNC(=O)COC1(CC)CCN(C(=O)OC(C)(C)C)CC1. The first-order valence-corrected chi connectivity index (χ1v) is 8.10. The molecule has 6 heteroatoms. The number of likely N-dealkylation sites (tertiary alicyclic amines) is 1. The molecule has 0 spiro atoms. The molecule has 22 heavy (non-hydrogen) atoms. The lowest BCUT2D eigenvalue weighted by Crippen LogP contribution is -2.50. The van der Waals surface area contributed by atoms with Gasteiger partial charge in [-0.3, -0.25) is 4.79 Å². The lowest BCUT2D eigenvalue weighted by atomic mass is 9.88. The van der Waals surface area contributed by atoms with Crippen LogP contribution in [0.4, 0.5) is 4.79 Å². The van der Waals surface area contributed by atoms with Crippen LogP contribution in [0.1, 0.15) is 53.9 Å². The van der Waals surface area contributed by atoms with Crippen LogP contribution in [0.25, 0.3) is 0 Å². The molecule has 6 nitrogen and oxygen atoms in total. The highest BCUT2D eigenvalue weighted by Crippen LogP contribution is 2.30. The lowest BCUT2D eigenvalue weighted by Gasteiger charge is -2.41. The van der Waals surface area contributed by atoms with Crippen LogP contribution in [-0.2, 0) is 14.3 Å². The van der Waals surface area contributed by atoms with E-state index in [0.717, 1.165) is 19.3 Å². The molecule has 0 aromatic rings. The van der Waals surface area contributed by atoms with Gasteiger partial charge in [0.05, 0.1) is 5.60 Å². The van der Waals surface area contributed by atoms with Gasteiger partial charge in [-0.25, -0.2) is 4.79 Å². The van der Waals surface area contributed by atoms with Crippen molar-refractivity contribution in [3.05, 3.63) is 0 Å². The van der Waals surface area contributed by atoms with Crippen LogP contribution in [0, 0.1) is 0 Å². The number of hydrogen-bond acceptors (Lipinski definition) is 4. The molecule has 0 atom stereocenters. The summed E-state index contributed by atoms with van der Waals surface area (Å²) in [7, 11) is 0. The number of nitrogens with zero attached hydrogens (tertiary/aromatic N) is 1. The molecule has 0 aromatic heterocycles. The molecule has 1 saturated heterocycles. The Balaban J connectivity index is 2.49. The summed E-state index contributed by atoms with van der Waals surface area (Å²) in [5.74, 6) is -0.0927.